The summed E-state index contributed by atoms with van der Waals surface area (Å²) < 4.78 is 0. The summed E-state index contributed by atoms with van der Waals surface area (Å²) in [7, 11) is 3.95. The zero-order chi connectivity index (χ0) is 20.5. The second kappa shape index (κ2) is 7.73. The lowest BCUT2D eigenvalue weighted by Gasteiger charge is -2.18. The van der Waals surface area contributed by atoms with Crippen LogP contribution in [0.5, 0.6) is 0 Å². The zero-order valence-corrected chi connectivity index (χ0v) is 16.8. The van der Waals surface area contributed by atoms with Crippen molar-refractivity contribution in [1.82, 2.24) is 20.2 Å². The van der Waals surface area contributed by atoms with Crippen molar-refractivity contribution in [3.8, 4) is 0 Å². The molecule has 6 heteroatoms. The van der Waals surface area contributed by atoms with Crippen LogP contribution in [0.3, 0.4) is 0 Å². The van der Waals surface area contributed by atoms with Crippen molar-refractivity contribution in [3.63, 3.8) is 0 Å². The van der Waals surface area contributed by atoms with Crippen molar-refractivity contribution in [3.05, 3.63) is 59.7 Å². The number of aliphatic hydroxyl groups is 1. The van der Waals surface area contributed by atoms with Crippen molar-refractivity contribution in [2.75, 3.05) is 20.6 Å². The summed E-state index contributed by atoms with van der Waals surface area (Å²) in [5.74, 6) is -0.158. The van der Waals surface area contributed by atoms with Crippen LogP contribution in [0.2, 0.25) is 0 Å². The van der Waals surface area contributed by atoms with E-state index in [1.165, 1.54) is 0 Å². The topological polar surface area (TPSA) is 78.4 Å². The molecule has 1 amide bonds. The number of rotatable bonds is 5. The number of likely N-dealkylation sites (N-methyl/N-ethyl adjacent to an activating group) is 1. The molecule has 0 aliphatic heterocycles. The van der Waals surface area contributed by atoms with Crippen LogP contribution in [-0.2, 0) is 6.61 Å². The van der Waals surface area contributed by atoms with Gasteiger partial charge in [0.25, 0.3) is 5.91 Å². The number of nitrogens with one attached hydrogen (secondary N) is 1. The van der Waals surface area contributed by atoms with Gasteiger partial charge in [0.2, 0.25) is 0 Å². The summed E-state index contributed by atoms with van der Waals surface area (Å²) in [6, 6.07) is 15.1. The van der Waals surface area contributed by atoms with E-state index >= 15 is 0 Å². The van der Waals surface area contributed by atoms with E-state index < -0.39 is 0 Å². The third kappa shape index (κ3) is 3.64. The Morgan fingerprint density at radius 3 is 2.52 bits per heavy atom. The molecule has 0 saturated carbocycles. The molecule has 0 aliphatic carbocycles. The number of carbonyl (C=O) groups excluding carboxylic acids is 1. The summed E-state index contributed by atoms with van der Waals surface area (Å²) in [4.78, 5) is 24.5. The lowest BCUT2D eigenvalue weighted by atomic mass is 10.0. The Bertz CT molecular complexity index is 1220. The molecule has 4 rings (SSSR count). The fraction of sp³-hybridized carbons (Fsp3) is 0.261. The first-order valence-electron chi connectivity index (χ1n) is 9.65. The molecule has 29 heavy (non-hydrogen) atoms. The van der Waals surface area contributed by atoms with Crippen molar-refractivity contribution in [2.45, 2.75) is 19.6 Å². The molecule has 0 radical (unpaired) electrons. The van der Waals surface area contributed by atoms with Gasteiger partial charge >= 0.3 is 0 Å². The molecular weight excluding hydrogens is 364 g/mol. The first-order valence-corrected chi connectivity index (χ1v) is 9.65. The molecule has 0 fully saturated rings. The third-order valence-electron chi connectivity index (χ3n) is 5.01. The molecule has 4 aromatic rings. The number of carbonyl (C=O) groups is 1. The van der Waals surface area contributed by atoms with Gasteiger partial charge in [-0.1, -0.05) is 30.3 Å². The average Bonchev–Trinajstić information content (AvgIpc) is 2.70. The van der Waals surface area contributed by atoms with Gasteiger partial charge in [-0.05, 0) is 50.2 Å². The Balaban J connectivity index is 1.87. The second-order valence-electron chi connectivity index (χ2n) is 7.64. The molecule has 148 valence electrons. The maximum atomic E-state index is 12.9. The first kappa shape index (κ1) is 19.2. The van der Waals surface area contributed by atoms with Gasteiger partial charge in [0.05, 0.1) is 28.7 Å². The van der Waals surface area contributed by atoms with E-state index in [1.54, 1.807) is 6.07 Å². The van der Waals surface area contributed by atoms with E-state index in [4.69, 9.17) is 9.97 Å². The molecule has 2 N–H and O–H groups in total. The van der Waals surface area contributed by atoms with E-state index in [9.17, 15) is 9.90 Å². The lowest BCUT2D eigenvalue weighted by Crippen LogP contribution is -2.39. The summed E-state index contributed by atoms with van der Waals surface area (Å²) in [5, 5.41) is 14.6. The minimum absolute atomic E-state index is 0.00844. The van der Waals surface area contributed by atoms with Crippen LogP contribution in [0, 0.1) is 0 Å². The number of fused-ring (bicyclic) bond motifs is 4. The van der Waals surface area contributed by atoms with Gasteiger partial charge in [-0.25, -0.2) is 9.97 Å². The fourth-order valence-electron chi connectivity index (χ4n) is 3.80. The molecule has 0 aliphatic rings. The molecular formula is C23H24N4O2. The van der Waals surface area contributed by atoms with Gasteiger partial charge in [-0.15, -0.1) is 0 Å². The van der Waals surface area contributed by atoms with Crippen molar-refractivity contribution in [1.29, 1.82) is 0 Å². The highest BCUT2D eigenvalue weighted by atomic mass is 16.3. The number of benzene rings is 3. The standard InChI is InChI=1S/C23H24N4O2/c1-14(12-27(2)3)24-23(29)18-8-5-9-19-22(18)26-21-17-7-4-6-15(13-28)16(17)10-11-20(21)25-19/h4-11,14,28H,12-13H2,1-3H3,(H,24,29)/t14-/m1/s1. The summed E-state index contributed by atoms with van der Waals surface area (Å²) in [6.07, 6.45) is 0. The van der Waals surface area contributed by atoms with Gasteiger partial charge < -0.3 is 15.3 Å². The predicted molar refractivity (Wildman–Crippen MR) is 116 cm³/mol. The Morgan fingerprint density at radius 1 is 1.00 bits per heavy atom. The number of nitrogens with zero attached hydrogens (tertiary/aromatic N) is 3. The maximum absolute atomic E-state index is 12.9. The normalized spacial score (nSPS) is 12.7. The van der Waals surface area contributed by atoms with E-state index in [-0.39, 0.29) is 18.6 Å². The quantitative estimate of drug-likeness (QED) is 0.406. The Morgan fingerprint density at radius 2 is 1.76 bits per heavy atom. The van der Waals surface area contributed by atoms with Crippen LogP contribution in [0.25, 0.3) is 32.8 Å². The molecule has 0 bridgehead atoms. The summed E-state index contributed by atoms with van der Waals surface area (Å²) in [5.41, 5.74) is 4.11. The van der Waals surface area contributed by atoms with Crippen molar-refractivity contribution < 1.29 is 9.90 Å². The minimum atomic E-state index is -0.158. The summed E-state index contributed by atoms with van der Waals surface area (Å²) in [6.45, 7) is 2.69. The predicted octanol–water partition coefficient (Wildman–Crippen LogP) is 3.11. The van der Waals surface area contributed by atoms with Gasteiger partial charge in [0.15, 0.2) is 0 Å². The smallest absolute Gasteiger partial charge is 0.253 e. The number of hydrogen-bond donors (Lipinski definition) is 2. The van der Waals surface area contributed by atoms with Crippen LogP contribution >= 0.6 is 0 Å². The molecule has 6 nitrogen and oxygen atoms in total. The second-order valence-corrected chi connectivity index (χ2v) is 7.64. The number of hydrogen-bond acceptors (Lipinski definition) is 5. The first-order chi connectivity index (χ1) is 14.0. The van der Waals surface area contributed by atoms with E-state index in [1.807, 2.05) is 68.4 Å². The van der Waals surface area contributed by atoms with Crippen LogP contribution in [0.15, 0.2) is 48.5 Å². The van der Waals surface area contributed by atoms with E-state index in [0.29, 0.717) is 16.6 Å². The van der Waals surface area contributed by atoms with Gasteiger partial charge in [0, 0.05) is 18.0 Å². The van der Waals surface area contributed by atoms with Gasteiger partial charge in [-0.3, -0.25) is 4.79 Å². The average molecular weight is 388 g/mol. The molecule has 3 aromatic carbocycles. The third-order valence-corrected chi connectivity index (χ3v) is 5.01. The molecule has 1 aromatic heterocycles. The Kier molecular flexibility index (Phi) is 5.13. The van der Waals surface area contributed by atoms with Crippen LogP contribution in [-0.4, -0.2) is 52.6 Å². The number of aliphatic hydroxyl groups excluding tert-OH is 1. The molecule has 1 heterocycles. The fourth-order valence-corrected chi connectivity index (χ4v) is 3.80. The van der Waals surface area contributed by atoms with Crippen molar-refractivity contribution in [2.24, 2.45) is 0 Å². The monoisotopic (exact) mass is 388 g/mol. The lowest BCUT2D eigenvalue weighted by molar-refractivity contribution is 0.0936. The van der Waals surface area contributed by atoms with Gasteiger partial charge in [0.1, 0.15) is 5.52 Å². The van der Waals surface area contributed by atoms with Gasteiger partial charge in [-0.2, -0.15) is 0 Å². The molecule has 0 saturated heterocycles. The van der Waals surface area contributed by atoms with Crippen LogP contribution in [0.1, 0.15) is 22.8 Å². The molecule has 1 atom stereocenters. The molecule has 0 unspecified atom stereocenters. The highest BCUT2D eigenvalue weighted by Crippen LogP contribution is 2.28. The zero-order valence-electron chi connectivity index (χ0n) is 16.8. The number of amides is 1. The summed E-state index contributed by atoms with van der Waals surface area (Å²) >= 11 is 0. The Labute approximate surface area is 169 Å². The maximum Gasteiger partial charge on any atom is 0.253 e. The molecule has 0 spiro atoms. The number of aromatic nitrogens is 2. The van der Waals surface area contributed by atoms with Crippen molar-refractivity contribution >= 4 is 38.7 Å². The highest BCUT2D eigenvalue weighted by molar-refractivity contribution is 6.10. The number of para-hydroxylation sites is 1. The minimum Gasteiger partial charge on any atom is -0.392 e. The van der Waals surface area contributed by atoms with Crippen LogP contribution in [0.4, 0.5) is 0 Å². The largest absolute Gasteiger partial charge is 0.392 e. The highest BCUT2D eigenvalue weighted by Gasteiger charge is 2.16. The van der Waals surface area contributed by atoms with E-state index in [0.717, 1.165) is 33.9 Å². The Hall–Kier alpha value is -3.09. The SMILES string of the molecule is C[C@H](CN(C)C)NC(=O)c1cccc2nc3ccc4c(CO)cccc4c3nc12. The van der Waals surface area contributed by atoms with Crippen LogP contribution < -0.4 is 5.32 Å². The van der Waals surface area contributed by atoms with E-state index in [2.05, 4.69) is 5.32 Å².